The molecular formula is C15H22O3S. The van der Waals surface area contributed by atoms with Crippen LogP contribution in [0.2, 0.25) is 0 Å². The highest BCUT2D eigenvalue weighted by molar-refractivity contribution is 7.91. The number of rotatable bonds is 4. The Balaban J connectivity index is 2.16. The maximum absolute atomic E-state index is 12.2. The quantitative estimate of drug-likeness (QED) is 0.923. The Labute approximate surface area is 115 Å². The standard InChI is InChI=1S/C15H22O3S/c1-15(2,3)12-6-8-13(9-7-12)19(17,18)10-14(16)11-4-5-11/h6-9,11,14,16H,4-5,10H2,1-3H3. The van der Waals surface area contributed by atoms with Crippen LogP contribution in [0.1, 0.15) is 39.2 Å². The van der Waals surface area contributed by atoms with Crippen LogP contribution in [0, 0.1) is 5.92 Å². The minimum Gasteiger partial charge on any atom is -0.392 e. The number of hydrogen-bond donors (Lipinski definition) is 1. The maximum Gasteiger partial charge on any atom is 0.180 e. The second-order valence-electron chi connectivity index (χ2n) is 6.46. The molecule has 0 aliphatic heterocycles. The lowest BCUT2D eigenvalue weighted by Gasteiger charge is -2.19. The van der Waals surface area contributed by atoms with Crippen molar-refractivity contribution in [1.82, 2.24) is 0 Å². The summed E-state index contributed by atoms with van der Waals surface area (Å²) in [5.74, 6) is 0.0237. The first-order valence-corrected chi connectivity index (χ1v) is 8.37. The third-order valence-electron chi connectivity index (χ3n) is 3.64. The van der Waals surface area contributed by atoms with Crippen LogP contribution >= 0.6 is 0 Å². The monoisotopic (exact) mass is 282 g/mol. The molecule has 0 heterocycles. The van der Waals surface area contributed by atoms with Gasteiger partial charge in [0.1, 0.15) is 0 Å². The van der Waals surface area contributed by atoms with Gasteiger partial charge in [-0.15, -0.1) is 0 Å². The molecular weight excluding hydrogens is 260 g/mol. The Kier molecular flexibility index (Phi) is 3.76. The molecule has 0 saturated heterocycles. The Morgan fingerprint density at radius 1 is 1.21 bits per heavy atom. The van der Waals surface area contributed by atoms with Gasteiger partial charge < -0.3 is 5.11 Å². The predicted octanol–water partition coefficient (Wildman–Crippen LogP) is 2.53. The van der Waals surface area contributed by atoms with Gasteiger partial charge in [0.2, 0.25) is 0 Å². The molecule has 0 amide bonds. The molecule has 1 fully saturated rings. The number of aliphatic hydroxyl groups is 1. The first kappa shape index (κ1) is 14.5. The van der Waals surface area contributed by atoms with Crippen LogP contribution in [-0.4, -0.2) is 25.4 Å². The Morgan fingerprint density at radius 2 is 1.74 bits per heavy atom. The van der Waals surface area contributed by atoms with E-state index in [-0.39, 0.29) is 17.1 Å². The second-order valence-corrected chi connectivity index (χ2v) is 8.49. The molecule has 2 rings (SSSR count). The SMILES string of the molecule is CC(C)(C)c1ccc(S(=O)(=O)CC(O)C2CC2)cc1. The van der Waals surface area contributed by atoms with Crippen molar-refractivity contribution in [2.24, 2.45) is 5.92 Å². The normalized spacial score (nSPS) is 18.3. The third-order valence-corrected chi connectivity index (χ3v) is 5.41. The van der Waals surface area contributed by atoms with Gasteiger partial charge in [0.25, 0.3) is 0 Å². The highest BCUT2D eigenvalue weighted by Gasteiger charge is 2.33. The predicted molar refractivity (Wildman–Crippen MR) is 75.9 cm³/mol. The van der Waals surface area contributed by atoms with E-state index in [1.54, 1.807) is 12.1 Å². The second kappa shape index (κ2) is 4.91. The van der Waals surface area contributed by atoms with E-state index >= 15 is 0 Å². The van der Waals surface area contributed by atoms with Crippen LogP contribution in [0.5, 0.6) is 0 Å². The minimum absolute atomic E-state index is 0.00974. The number of aliphatic hydroxyl groups excluding tert-OH is 1. The summed E-state index contributed by atoms with van der Waals surface area (Å²) in [5.41, 5.74) is 1.12. The third kappa shape index (κ3) is 3.57. The van der Waals surface area contributed by atoms with Gasteiger partial charge >= 0.3 is 0 Å². The summed E-state index contributed by atoms with van der Waals surface area (Å²) in [6, 6.07) is 7.01. The van der Waals surface area contributed by atoms with E-state index in [4.69, 9.17) is 0 Å². The van der Waals surface area contributed by atoms with Gasteiger partial charge in [-0.25, -0.2) is 8.42 Å². The molecule has 0 aromatic heterocycles. The van der Waals surface area contributed by atoms with Crippen molar-refractivity contribution in [1.29, 1.82) is 0 Å². The molecule has 1 aromatic carbocycles. The van der Waals surface area contributed by atoms with Gasteiger partial charge in [0, 0.05) is 0 Å². The summed E-state index contributed by atoms with van der Waals surface area (Å²) in [6.45, 7) is 6.27. The molecule has 1 atom stereocenters. The average molecular weight is 282 g/mol. The Hall–Kier alpha value is -0.870. The summed E-state index contributed by atoms with van der Waals surface area (Å²) >= 11 is 0. The highest BCUT2D eigenvalue weighted by atomic mass is 32.2. The molecule has 0 radical (unpaired) electrons. The highest BCUT2D eigenvalue weighted by Crippen LogP contribution is 2.34. The van der Waals surface area contributed by atoms with Gasteiger partial charge in [-0.05, 0) is 41.9 Å². The first-order chi connectivity index (χ1) is 8.70. The lowest BCUT2D eigenvalue weighted by molar-refractivity contribution is 0.174. The summed E-state index contributed by atoms with van der Waals surface area (Å²) < 4.78 is 24.4. The molecule has 4 heteroatoms. The average Bonchev–Trinajstić information content (AvgIpc) is 3.11. The zero-order valence-corrected chi connectivity index (χ0v) is 12.6. The lowest BCUT2D eigenvalue weighted by atomic mass is 9.87. The lowest BCUT2D eigenvalue weighted by Crippen LogP contribution is -2.23. The molecule has 3 nitrogen and oxygen atoms in total. The molecule has 106 valence electrons. The summed E-state index contributed by atoms with van der Waals surface area (Å²) in [7, 11) is -3.38. The fourth-order valence-electron chi connectivity index (χ4n) is 2.10. The van der Waals surface area contributed by atoms with Crippen molar-refractivity contribution < 1.29 is 13.5 Å². The fourth-order valence-corrected chi connectivity index (χ4v) is 3.57. The molecule has 1 aromatic rings. The minimum atomic E-state index is -3.38. The van der Waals surface area contributed by atoms with Gasteiger partial charge in [0.15, 0.2) is 9.84 Å². The summed E-state index contributed by atoms with van der Waals surface area (Å²) in [6.07, 6.45) is 1.17. The van der Waals surface area contributed by atoms with E-state index in [0.717, 1.165) is 18.4 Å². The molecule has 19 heavy (non-hydrogen) atoms. The number of sulfone groups is 1. The van der Waals surface area contributed by atoms with Crippen molar-refractivity contribution in [3.8, 4) is 0 Å². The molecule has 1 saturated carbocycles. The molecule has 1 N–H and O–H groups in total. The first-order valence-electron chi connectivity index (χ1n) is 6.71. The molecule has 0 bridgehead atoms. The van der Waals surface area contributed by atoms with Gasteiger partial charge in [-0.1, -0.05) is 32.9 Å². The van der Waals surface area contributed by atoms with Crippen molar-refractivity contribution >= 4 is 9.84 Å². The zero-order valence-electron chi connectivity index (χ0n) is 11.8. The topological polar surface area (TPSA) is 54.4 Å². The van der Waals surface area contributed by atoms with Crippen LogP contribution in [0.3, 0.4) is 0 Å². The van der Waals surface area contributed by atoms with E-state index in [1.807, 2.05) is 12.1 Å². The van der Waals surface area contributed by atoms with Gasteiger partial charge in [0.05, 0.1) is 16.8 Å². The van der Waals surface area contributed by atoms with Gasteiger partial charge in [-0.2, -0.15) is 0 Å². The van der Waals surface area contributed by atoms with Crippen LogP contribution in [0.4, 0.5) is 0 Å². The fraction of sp³-hybridized carbons (Fsp3) is 0.600. The number of benzene rings is 1. The smallest absolute Gasteiger partial charge is 0.180 e. The Morgan fingerprint density at radius 3 is 2.16 bits per heavy atom. The van der Waals surface area contributed by atoms with Crippen LogP contribution in [0.15, 0.2) is 29.2 Å². The van der Waals surface area contributed by atoms with Crippen LogP contribution < -0.4 is 0 Å². The van der Waals surface area contributed by atoms with Crippen molar-refractivity contribution in [2.75, 3.05) is 5.75 Å². The van der Waals surface area contributed by atoms with E-state index < -0.39 is 15.9 Å². The van der Waals surface area contributed by atoms with E-state index in [1.165, 1.54) is 0 Å². The van der Waals surface area contributed by atoms with Crippen molar-refractivity contribution in [3.05, 3.63) is 29.8 Å². The number of hydrogen-bond acceptors (Lipinski definition) is 3. The summed E-state index contributed by atoms with van der Waals surface area (Å²) in [4.78, 5) is 0.306. The molecule has 1 unspecified atom stereocenters. The van der Waals surface area contributed by atoms with E-state index in [0.29, 0.717) is 4.90 Å². The van der Waals surface area contributed by atoms with E-state index in [2.05, 4.69) is 20.8 Å². The largest absolute Gasteiger partial charge is 0.392 e. The zero-order chi connectivity index (χ0) is 14.3. The van der Waals surface area contributed by atoms with Crippen molar-refractivity contribution in [2.45, 2.75) is 50.0 Å². The molecule has 1 aliphatic rings. The summed E-state index contributed by atoms with van der Waals surface area (Å²) in [5, 5.41) is 9.79. The van der Waals surface area contributed by atoms with E-state index in [9.17, 15) is 13.5 Å². The van der Waals surface area contributed by atoms with Gasteiger partial charge in [-0.3, -0.25) is 0 Å². The molecule has 1 aliphatic carbocycles. The Bertz CT molecular complexity index is 534. The van der Waals surface area contributed by atoms with Crippen molar-refractivity contribution in [3.63, 3.8) is 0 Å². The molecule has 0 spiro atoms. The van der Waals surface area contributed by atoms with Crippen LogP contribution in [0.25, 0.3) is 0 Å². The maximum atomic E-state index is 12.2. The van der Waals surface area contributed by atoms with Crippen LogP contribution in [-0.2, 0) is 15.3 Å².